The van der Waals surface area contributed by atoms with Crippen LogP contribution >= 0.6 is 22.6 Å². The standard InChI is InChI=1S/C9H9F2IN2O2/c1-16-6(15)2-4-5(8(10)11)3-14-9(12)7(4)13/h3,8H,2,13H2,1H3. The van der Waals surface area contributed by atoms with Gasteiger partial charge in [-0.2, -0.15) is 0 Å². The number of aromatic nitrogens is 1. The van der Waals surface area contributed by atoms with E-state index in [1.807, 2.05) is 22.6 Å². The summed E-state index contributed by atoms with van der Waals surface area (Å²) in [5, 5.41) is 0. The van der Waals surface area contributed by atoms with E-state index in [9.17, 15) is 13.6 Å². The summed E-state index contributed by atoms with van der Waals surface area (Å²) in [6.07, 6.45) is -1.96. The van der Waals surface area contributed by atoms with Crippen LogP contribution in [-0.2, 0) is 16.0 Å². The number of alkyl halides is 2. The van der Waals surface area contributed by atoms with Crippen molar-refractivity contribution in [1.82, 2.24) is 4.98 Å². The molecule has 0 fully saturated rings. The van der Waals surface area contributed by atoms with Gasteiger partial charge in [0.15, 0.2) is 0 Å². The Morgan fingerprint density at radius 2 is 2.31 bits per heavy atom. The van der Waals surface area contributed by atoms with Gasteiger partial charge in [-0.1, -0.05) is 0 Å². The number of carbonyl (C=O) groups is 1. The van der Waals surface area contributed by atoms with Gasteiger partial charge in [-0.15, -0.1) is 0 Å². The summed E-state index contributed by atoms with van der Waals surface area (Å²) in [6.45, 7) is 0. The zero-order valence-electron chi connectivity index (χ0n) is 8.34. The van der Waals surface area contributed by atoms with Crippen molar-refractivity contribution in [2.45, 2.75) is 12.8 Å². The second-order valence-electron chi connectivity index (χ2n) is 2.95. The Morgan fingerprint density at radius 3 is 2.81 bits per heavy atom. The minimum absolute atomic E-state index is 0.0845. The van der Waals surface area contributed by atoms with Crippen LogP contribution in [0.1, 0.15) is 17.6 Å². The lowest BCUT2D eigenvalue weighted by Gasteiger charge is -2.11. The van der Waals surface area contributed by atoms with Gasteiger partial charge in [0, 0.05) is 11.8 Å². The molecule has 1 rings (SSSR count). The van der Waals surface area contributed by atoms with Crippen molar-refractivity contribution in [3.8, 4) is 0 Å². The molecule has 0 saturated heterocycles. The van der Waals surface area contributed by atoms with Crippen LogP contribution in [0.15, 0.2) is 6.20 Å². The van der Waals surface area contributed by atoms with Crippen LogP contribution in [-0.4, -0.2) is 18.1 Å². The molecule has 0 atom stereocenters. The van der Waals surface area contributed by atoms with Crippen LogP contribution in [0, 0.1) is 3.70 Å². The number of esters is 1. The molecule has 0 saturated carbocycles. The number of nitrogens with zero attached hydrogens (tertiary/aromatic N) is 1. The van der Waals surface area contributed by atoms with E-state index in [1.54, 1.807) is 0 Å². The fourth-order valence-corrected chi connectivity index (χ4v) is 1.62. The van der Waals surface area contributed by atoms with E-state index in [-0.39, 0.29) is 23.2 Å². The van der Waals surface area contributed by atoms with Crippen LogP contribution in [0.3, 0.4) is 0 Å². The number of ether oxygens (including phenoxy) is 1. The van der Waals surface area contributed by atoms with Gasteiger partial charge in [0.25, 0.3) is 6.43 Å². The van der Waals surface area contributed by atoms with Gasteiger partial charge in [0.1, 0.15) is 3.70 Å². The third-order valence-corrected chi connectivity index (χ3v) is 2.86. The number of rotatable bonds is 3. The van der Waals surface area contributed by atoms with E-state index in [0.717, 1.165) is 6.20 Å². The van der Waals surface area contributed by atoms with Crippen molar-refractivity contribution < 1.29 is 18.3 Å². The van der Waals surface area contributed by atoms with Crippen molar-refractivity contribution in [2.24, 2.45) is 0 Å². The van der Waals surface area contributed by atoms with Crippen LogP contribution in [0.2, 0.25) is 0 Å². The van der Waals surface area contributed by atoms with E-state index in [1.165, 1.54) is 7.11 Å². The number of anilines is 1. The highest BCUT2D eigenvalue weighted by molar-refractivity contribution is 14.1. The van der Waals surface area contributed by atoms with Crippen LogP contribution < -0.4 is 5.73 Å². The molecular weight excluding hydrogens is 333 g/mol. The third kappa shape index (κ3) is 2.77. The Kier molecular flexibility index (Phi) is 4.39. The quantitative estimate of drug-likeness (QED) is 0.518. The van der Waals surface area contributed by atoms with Gasteiger partial charge in [-0.25, -0.2) is 13.8 Å². The Morgan fingerprint density at radius 1 is 1.69 bits per heavy atom. The lowest BCUT2D eigenvalue weighted by molar-refractivity contribution is -0.139. The number of pyridine rings is 1. The van der Waals surface area contributed by atoms with Crippen molar-refractivity contribution in [1.29, 1.82) is 0 Å². The van der Waals surface area contributed by atoms with Gasteiger partial charge >= 0.3 is 5.97 Å². The highest BCUT2D eigenvalue weighted by Gasteiger charge is 2.20. The minimum Gasteiger partial charge on any atom is -0.469 e. The summed E-state index contributed by atoms with van der Waals surface area (Å²) in [4.78, 5) is 14.8. The summed E-state index contributed by atoms with van der Waals surface area (Å²) in [6, 6.07) is 0. The highest BCUT2D eigenvalue weighted by atomic mass is 127. The predicted octanol–water partition coefficient (Wildman–Crippen LogP) is 1.92. The number of nitrogen functional groups attached to an aromatic ring is 1. The fraction of sp³-hybridized carbons (Fsp3) is 0.333. The fourth-order valence-electron chi connectivity index (χ4n) is 1.16. The maximum absolute atomic E-state index is 12.6. The highest BCUT2D eigenvalue weighted by Crippen LogP contribution is 2.29. The number of hydrogen-bond donors (Lipinski definition) is 1. The third-order valence-electron chi connectivity index (χ3n) is 2.00. The lowest BCUT2D eigenvalue weighted by atomic mass is 10.1. The number of halogens is 3. The lowest BCUT2D eigenvalue weighted by Crippen LogP contribution is -2.11. The number of carbonyl (C=O) groups excluding carboxylic acids is 1. The first-order chi connectivity index (χ1) is 7.47. The molecule has 0 aliphatic rings. The molecule has 1 heterocycles. The van der Waals surface area contributed by atoms with Crippen molar-refractivity contribution in [3.05, 3.63) is 21.0 Å². The van der Waals surface area contributed by atoms with Crippen molar-refractivity contribution in [3.63, 3.8) is 0 Å². The van der Waals surface area contributed by atoms with Gasteiger partial charge in [-0.3, -0.25) is 4.79 Å². The maximum Gasteiger partial charge on any atom is 0.310 e. The topological polar surface area (TPSA) is 65.2 Å². The molecule has 0 bridgehead atoms. The molecule has 1 aromatic heterocycles. The molecule has 0 amide bonds. The average Bonchev–Trinajstić information content (AvgIpc) is 2.24. The molecule has 0 radical (unpaired) electrons. The van der Waals surface area contributed by atoms with Gasteiger partial charge in [0.2, 0.25) is 0 Å². The van der Waals surface area contributed by atoms with Crippen LogP contribution in [0.5, 0.6) is 0 Å². The summed E-state index contributed by atoms with van der Waals surface area (Å²) in [5.74, 6) is -0.615. The summed E-state index contributed by atoms with van der Waals surface area (Å²) in [5.41, 5.74) is 5.47. The first-order valence-corrected chi connectivity index (χ1v) is 5.33. The number of methoxy groups -OCH3 is 1. The summed E-state index contributed by atoms with van der Waals surface area (Å²) >= 11 is 1.82. The van der Waals surface area contributed by atoms with Crippen molar-refractivity contribution >= 4 is 34.2 Å². The van der Waals surface area contributed by atoms with E-state index in [0.29, 0.717) is 3.70 Å². The van der Waals surface area contributed by atoms with Crippen molar-refractivity contribution in [2.75, 3.05) is 12.8 Å². The second-order valence-corrected chi connectivity index (χ2v) is 3.97. The maximum atomic E-state index is 12.6. The van der Waals surface area contributed by atoms with Crippen LogP contribution in [0.25, 0.3) is 0 Å². The molecule has 0 aromatic carbocycles. The second kappa shape index (κ2) is 5.37. The van der Waals surface area contributed by atoms with E-state index in [2.05, 4.69) is 9.72 Å². The minimum atomic E-state index is -2.72. The van der Waals surface area contributed by atoms with Crippen LogP contribution in [0.4, 0.5) is 14.5 Å². The summed E-state index contributed by atoms with van der Waals surface area (Å²) < 4.78 is 30.1. The Labute approximate surface area is 104 Å². The first-order valence-electron chi connectivity index (χ1n) is 4.25. The molecule has 0 aliphatic carbocycles. The molecule has 0 spiro atoms. The Balaban J connectivity index is 3.20. The summed E-state index contributed by atoms with van der Waals surface area (Å²) in [7, 11) is 1.19. The molecule has 0 aliphatic heterocycles. The Hall–Kier alpha value is -0.990. The zero-order valence-corrected chi connectivity index (χ0v) is 10.5. The average molecular weight is 342 g/mol. The molecule has 88 valence electrons. The number of hydrogen-bond acceptors (Lipinski definition) is 4. The van der Waals surface area contributed by atoms with Gasteiger partial charge < -0.3 is 10.5 Å². The molecule has 16 heavy (non-hydrogen) atoms. The zero-order chi connectivity index (χ0) is 12.3. The monoisotopic (exact) mass is 342 g/mol. The van der Waals surface area contributed by atoms with E-state index >= 15 is 0 Å². The molecule has 7 heteroatoms. The molecule has 4 nitrogen and oxygen atoms in total. The van der Waals surface area contributed by atoms with Gasteiger partial charge in [0.05, 0.1) is 19.2 Å². The smallest absolute Gasteiger partial charge is 0.310 e. The first kappa shape index (κ1) is 13.1. The predicted molar refractivity (Wildman–Crippen MR) is 62.0 cm³/mol. The molecule has 0 unspecified atom stereocenters. The number of nitrogens with two attached hydrogens (primary N) is 1. The molecular formula is C9H9F2IN2O2. The molecule has 1 aromatic rings. The van der Waals surface area contributed by atoms with Gasteiger partial charge in [-0.05, 0) is 28.2 Å². The van der Waals surface area contributed by atoms with E-state index in [4.69, 9.17) is 5.73 Å². The SMILES string of the molecule is COC(=O)Cc1c(C(F)F)cnc(I)c1N. The molecule has 2 N–H and O–H groups in total. The largest absolute Gasteiger partial charge is 0.469 e. The normalized spacial score (nSPS) is 10.6. The Bertz CT molecular complexity index is 413. The van der Waals surface area contributed by atoms with E-state index < -0.39 is 12.4 Å².